The van der Waals surface area contributed by atoms with Crippen LogP contribution in [-0.2, 0) is 23.8 Å². The van der Waals surface area contributed by atoms with Crippen LogP contribution in [0.25, 0.3) is 54.7 Å². The van der Waals surface area contributed by atoms with Gasteiger partial charge in [-0.05, 0) is 70.0 Å². The summed E-state index contributed by atoms with van der Waals surface area (Å²) in [6.07, 6.45) is 0.757. The molecule has 0 bridgehead atoms. The molecule has 4 N–H and O–H groups in total. The number of H-pyrrole nitrogens is 2. The zero-order valence-electron chi connectivity index (χ0n) is 35.8. The van der Waals surface area contributed by atoms with Gasteiger partial charge in [-0.1, -0.05) is 69.8 Å². The number of alkyl carbamates (subject to hydrolysis) is 2. The Bertz CT molecular complexity index is 2760. The second kappa shape index (κ2) is 17.0. The Balaban J connectivity index is 1.08. The molecule has 2 aliphatic rings. The maximum absolute atomic E-state index is 13.9. The number of aromatic amines is 2. The zero-order valence-corrected chi connectivity index (χ0v) is 35.8. The van der Waals surface area contributed by atoms with E-state index in [0.29, 0.717) is 25.5 Å². The number of ether oxygens (including phenoxy) is 3. The van der Waals surface area contributed by atoms with Crippen molar-refractivity contribution >= 4 is 67.6 Å². The van der Waals surface area contributed by atoms with E-state index in [4.69, 9.17) is 24.2 Å². The number of imidazole rings is 2. The third-order valence-corrected chi connectivity index (χ3v) is 12.3. The van der Waals surface area contributed by atoms with Crippen molar-refractivity contribution in [2.45, 2.75) is 51.4 Å². The van der Waals surface area contributed by atoms with Crippen LogP contribution in [0.1, 0.15) is 50.9 Å². The van der Waals surface area contributed by atoms with Gasteiger partial charge in [0, 0.05) is 36.9 Å². The van der Waals surface area contributed by atoms with E-state index in [9.17, 15) is 19.2 Å². The molecule has 62 heavy (non-hydrogen) atoms. The van der Waals surface area contributed by atoms with E-state index >= 15 is 0 Å². The average Bonchev–Trinajstić information content (AvgIpc) is 4.07. The molecule has 6 atom stereocenters. The summed E-state index contributed by atoms with van der Waals surface area (Å²) in [4.78, 5) is 72.5. The fraction of sp³-hybridized carbons (Fsp3) is 0.362. The summed E-state index contributed by atoms with van der Waals surface area (Å²) in [6, 6.07) is 18.2. The van der Waals surface area contributed by atoms with E-state index in [2.05, 4.69) is 89.2 Å². The number of hydrogen-bond donors (Lipinski definition) is 4. The first kappa shape index (κ1) is 42.0. The lowest BCUT2D eigenvalue weighted by molar-refractivity contribution is -0.135. The number of likely N-dealkylation sites (tertiary alicyclic amines) is 2. The smallest absolute Gasteiger partial charge is 0.407 e. The highest BCUT2D eigenvalue weighted by molar-refractivity contribution is 6.07. The molecular formula is C47H52N8O7. The highest BCUT2D eigenvalue weighted by Gasteiger charge is 2.43. The van der Waals surface area contributed by atoms with Gasteiger partial charge in [0.1, 0.15) is 29.8 Å². The number of fused-ring (bicyclic) bond motifs is 6. The van der Waals surface area contributed by atoms with E-state index in [-0.39, 0.29) is 35.6 Å². The number of rotatable bonds is 11. The zero-order chi connectivity index (χ0) is 44.0. The van der Waals surface area contributed by atoms with Gasteiger partial charge in [0.2, 0.25) is 11.8 Å². The molecular weight excluding hydrogens is 789 g/mol. The molecule has 0 spiro atoms. The lowest BCUT2D eigenvalue weighted by atomic mass is 9.98. The SMILES string of the molecule is C=C[C@H](NC(=O)OC)C(=O)N1C[C@@H](COC)C(=C)[C@H]1c1nc2c(ccc3cc(-c4ccc5c(ccc6[nH]c([C@@H]7C[C@H](C)CN7C(=O)[C@@H](NC(=O)OC)C(C)C)nc65)c4)ccc32)[nH]1. The Morgan fingerprint density at radius 3 is 1.95 bits per heavy atom. The van der Waals surface area contributed by atoms with Gasteiger partial charge in [-0.15, -0.1) is 6.58 Å². The summed E-state index contributed by atoms with van der Waals surface area (Å²) in [5.41, 5.74) is 6.14. The van der Waals surface area contributed by atoms with Crippen LogP contribution in [0.4, 0.5) is 9.59 Å². The van der Waals surface area contributed by atoms with Gasteiger partial charge in [-0.3, -0.25) is 9.59 Å². The molecule has 15 nitrogen and oxygen atoms in total. The lowest BCUT2D eigenvalue weighted by Crippen LogP contribution is -2.51. The minimum Gasteiger partial charge on any atom is -0.453 e. The number of benzene rings is 4. The highest BCUT2D eigenvalue weighted by Crippen LogP contribution is 2.41. The van der Waals surface area contributed by atoms with Crippen LogP contribution in [0.2, 0.25) is 0 Å². The molecule has 0 saturated carbocycles. The number of nitrogens with one attached hydrogen (secondary N) is 4. The van der Waals surface area contributed by atoms with Crippen molar-refractivity contribution in [3.8, 4) is 11.1 Å². The first-order chi connectivity index (χ1) is 29.8. The van der Waals surface area contributed by atoms with Crippen molar-refractivity contribution in [3.05, 3.63) is 97.1 Å². The number of carbonyl (C=O) groups excluding carboxylic acids is 4. The molecule has 4 heterocycles. The summed E-state index contributed by atoms with van der Waals surface area (Å²) in [5, 5.41) is 9.24. The van der Waals surface area contributed by atoms with Crippen LogP contribution >= 0.6 is 0 Å². The van der Waals surface area contributed by atoms with Crippen molar-refractivity contribution in [3.63, 3.8) is 0 Å². The number of amides is 4. The third kappa shape index (κ3) is 7.61. The summed E-state index contributed by atoms with van der Waals surface area (Å²) in [6.45, 7) is 15.3. The van der Waals surface area contributed by atoms with Gasteiger partial charge in [0.05, 0.1) is 48.9 Å². The van der Waals surface area contributed by atoms with E-state index in [0.717, 1.165) is 72.6 Å². The predicted octanol–water partition coefficient (Wildman–Crippen LogP) is 7.32. The fourth-order valence-electron chi connectivity index (χ4n) is 9.09. The molecule has 8 rings (SSSR count). The molecule has 2 fully saturated rings. The maximum atomic E-state index is 13.9. The van der Waals surface area contributed by atoms with Crippen molar-refractivity contribution in [2.24, 2.45) is 17.8 Å². The Morgan fingerprint density at radius 2 is 1.39 bits per heavy atom. The molecule has 2 saturated heterocycles. The molecule has 322 valence electrons. The first-order valence-corrected chi connectivity index (χ1v) is 20.8. The minimum absolute atomic E-state index is 0.132. The average molecular weight is 841 g/mol. The van der Waals surface area contributed by atoms with Crippen molar-refractivity contribution < 1.29 is 33.4 Å². The molecule has 4 amide bonds. The fourth-order valence-corrected chi connectivity index (χ4v) is 9.09. The second-order valence-electron chi connectivity index (χ2n) is 16.7. The maximum Gasteiger partial charge on any atom is 0.407 e. The van der Waals surface area contributed by atoms with Gasteiger partial charge in [0.15, 0.2) is 0 Å². The first-order valence-electron chi connectivity index (χ1n) is 20.8. The van der Waals surface area contributed by atoms with Gasteiger partial charge < -0.3 is 44.6 Å². The van der Waals surface area contributed by atoms with E-state index in [1.807, 2.05) is 30.9 Å². The number of hydrogen-bond acceptors (Lipinski definition) is 9. The Morgan fingerprint density at radius 1 is 0.806 bits per heavy atom. The number of carbonyl (C=O) groups is 4. The number of aromatic nitrogens is 4. The Labute approximate surface area is 358 Å². The molecule has 0 aliphatic carbocycles. The van der Waals surface area contributed by atoms with Gasteiger partial charge in [-0.25, -0.2) is 19.6 Å². The molecule has 0 unspecified atom stereocenters. The topological polar surface area (TPSA) is 184 Å². The van der Waals surface area contributed by atoms with Crippen molar-refractivity contribution in [1.29, 1.82) is 0 Å². The lowest BCUT2D eigenvalue weighted by Gasteiger charge is -2.30. The minimum atomic E-state index is -1.01. The molecule has 15 heteroatoms. The van der Waals surface area contributed by atoms with E-state index < -0.39 is 30.3 Å². The second-order valence-corrected chi connectivity index (χ2v) is 16.7. The van der Waals surface area contributed by atoms with Crippen LogP contribution in [0.15, 0.2) is 85.5 Å². The number of methoxy groups -OCH3 is 3. The van der Waals surface area contributed by atoms with Crippen molar-refractivity contribution in [1.82, 2.24) is 40.4 Å². The molecule has 4 aromatic carbocycles. The molecule has 6 aromatic rings. The largest absolute Gasteiger partial charge is 0.453 e. The normalized spacial score (nSPS) is 20.0. The Hall–Kier alpha value is -6.74. The van der Waals surface area contributed by atoms with E-state index in [1.165, 1.54) is 20.3 Å². The molecule has 0 radical (unpaired) electrons. The quantitative estimate of drug-likeness (QED) is 0.0972. The van der Waals surface area contributed by atoms with Crippen LogP contribution in [-0.4, -0.2) is 107 Å². The monoisotopic (exact) mass is 840 g/mol. The van der Waals surface area contributed by atoms with E-state index in [1.54, 1.807) is 12.0 Å². The van der Waals surface area contributed by atoms with Crippen LogP contribution < -0.4 is 10.6 Å². The standard InChI is InChI=1S/C47H52N8O7/c1-9-34(50-46(58)61-7)44(56)55-22-31(23-60-6)26(5)41(55)43-49-36-17-13-30-20-28(11-15-33(30)40(36)52-43)27-10-14-32-29(19-27)12-16-35-39(32)51-42(48-35)37-18-25(4)21-54(37)45(57)38(24(2)3)53-47(59)62-8/h9-17,19-20,24-25,31,34,37-38,41H,1,5,18,21-23H2,2-4,6-8H3,(H,48,51)(H,49,52)(H,50,58)(H,53,59)/t25-,31-,34-,37-,38-,41-/m0/s1. The highest BCUT2D eigenvalue weighted by atomic mass is 16.5. The van der Waals surface area contributed by atoms with Gasteiger partial charge in [0.25, 0.3) is 0 Å². The summed E-state index contributed by atoms with van der Waals surface area (Å²) in [5.74, 6) is 0.757. The predicted molar refractivity (Wildman–Crippen MR) is 237 cm³/mol. The van der Waals surface area contributed by atoms with Crippen LogP contribution in [0.5, 0.6) is 0 Å². The van der Waals surface area contributed by atoms with Crippen LogP contribution in [0.3, 0.4) is 0 Å². The van der Waals surface area contributed by atoms with Gasteiger partial charge >= 0.3 is 12.2 Å². The summed E-state index contributed by atoms with van der Waals surface area (Å²) >= 11 is 0. The third-order valence-electron chi connectivity index (χ3n) is 12.3. The molecule has 2 aromatic heterocycles. The van der Waals surface area contributed by atoms with Crippen molar-refractivity contribution in [2.75, 3.05) is 41.0 Å². The van der Waals surface area contributed by atoms with Crippen LogP contribution in [0, 0.1) is 17.8 Å². The summed E-state index contributed by atoms with van der Waals surface area (Å²) < 4.78 is 15.0. The molecule has 2 aliphatic heterocycles. The Kier molecular flexibility index (Phi) is 11.5. The summed E-state index contributed by atoms with van der Waals surface area (Å²) in [7, 11) is 4.14. The number of nitrogens with zero attached hydrogens (tertiary/aromatic N) is 4. The van der Waals surface area contributed by atoms with Gasteiger partial charge in [-0.2, -0.15) is 0 Å².